The number of nitrogens with two attached hydrogens (primary N) is 1. The number of aryl methyl sites for hydroxylation is 1. The lowest BCUT2D eigenvalue weighted by atomic mass is 9.91. The number of fused-ring (bicyclic) bond motifs is 1. The van der Waals surface area contributed by atoms with Gasteiger partial charge in [-0.25, -0.2) is 13.6 Å². The van der Waals surface area contributed by atoms with Crippen molar-refractivity contribution in [3.8, 4) is 0 Å². The highest BCUT2D eigenvalue weighted by atomic mass is 19.1. The third-order valence-corrected chi connectivity index (χ3v) is 5.48. The number of hydrogen-bond donors (Lipinski definition) is 3. The van der Waals surface area contributed by atoms with Gasteiger partial charge in [0.05, 0.1) is 6.54 Å². The fourth-order valence-corrected chi connectivity index (χ4v) is 3.84. The summed E-state index contributed by atoms with van der Waals surface area (Å²) in [6.45, 7) is -0.133. The van der Waals surface area contributed by atoms with Gasteiger partial charge in [-0.15, -0.1) is 0 Å². The van der Waals surface area contributed by atoms with E-state index in [1.165, 1.54) is 16.2 Å². The summed E-state index contributed by atoms with van der Waals surface area (Å²) in [4.78, 5) is 31.2. The molecule has 1 aromatic carbocycles. The SMILES string of the molecule is Cn1c(=O)[nH]c(=O)c2c1nc(N[C@@H]1CCCC[C@@H]1N)n2Cc1cc(F)ccc1F. The second kappa shape index (κ2) is 7.43. The Balaban J connectivity index is 1.87. The predicted molar refractivity (Wildman–Crippen MR) is 105 cm³/mol. The molecule has 154 valence electrons. The number of nitrogens with zero attached hydrogens (tertiary/aromatic N) is 3. The van der Waals surface area contributed by atoms with Gasteiger partial charge in [0.15, 0.2) is 11.2 Å². The quantitative estimate of drug-likeness (QED) is 0.609. The van der Waals surface area contributed by atoms with Crippen LogP contribution < -0.4 is 22.3 Å². The highest BCUT2D eigenvalue weighted by Gasteiger charge is 2.25. The standard InChI is InChI=1S/C19H22F2N6O2/c1-26-16-15(17(28)25-19(26)29)27(9-10-8-11(20)6-7-12(10)21)18(24-16)23-14-5-3-2-4-13(14)22/h6-8,13-14H,2-5,9,22H2,1H3,(H,23,24)(H,25,28,29)/t13-,14+/m0/s1. The van der Waals surface area contributed by atoms with Crippen molar-refractivity contribution >= 4 is 17.1 Å². The van der Waals surface area contributed by atoms with E-state index in [9.17, 15) is 18.4 Å². The Kier molecular flexibility index (Phi) is 4.95. The van der Waals surface area contributed by atoms with Crippen molar-refractivity contribution in [2.75, 3.05) is 5.32 Å². The van der Waals surface area contributed by atoms with E-state index >= 15 is 0 Å². The molecule has 10 heteroatoms. The molecule has 29 heavy (non-hydrogen) atoms. The number of hydrogen-bond acceptors (Lipinski definition) is 5. The molecule has 0 amide bonds. The van der Waals surface area contributed by atoms with Crippen molar-refractivity contribution in [1.29, 1.82) is 0 Å². The van der Waals surface area contributed by atoms with E-state index in [2.05, 4.69) is 15.3 Å². The van der Waals surface area contributed by atoms with Crippen LogP contribution in [0, 0.1) is 11.6 Å². The maximum Gasteiger partial charge on any atom is 0.329 e. The lowest BCUT2D eigenvalue weighted by Crippen LogP contribution is -2.43. The lowest BCUT2D eigenvalue weighted by molar-refractivity contribution is 0.401. The van der Waals surface area contributed by atoms with Crippen molar-refractivity contribution in [2.45, 2.75) is 44.3 Å². The van der Waals surface area contributed by atoms with Crippen LogP contribution >= 0.6 is 0 Å². The summed E-state index contributed by atoms with van der Waals surface area (Å²) in [5.74, 6) is -0.900. The van der Waals surface area contributed by atoms with E-state index in [0.717, 1.165) is 43.9 Å². The normalized spacial score (nSPS) is 19.6. The summed E-state index contributed by atoms with van der Waals surface area (Å²) >= 11 is 0. The summed E-state index contributed by atoms with van der Waals surface area (Å²) in [5.41, 5.74) is 5.29. The second-order valence-corrected chi connectivity index (χ2v) is 7.45. The molecule has 1 fully saturated rings. The van der Waals surface area contributed by atoms with Crippen LogP contribution in [0.15, 0.2) is 27.8 Å². The fourth-order valence-electron chi connectivity index (χ4n) is 3.84. The van der Waals surface area contributed by atoms with Gasteiger partial charge in [0.25, 0.3) is 5.56 Å². The third kappa shape index (κ3) is 3.55. The Morgan fingerprint density at radius 1 is 1.28 bits per heavy atom. The molecule has 1 saturated carbocycles. The van der Waals surface area contributed by atoms with Gasteiger partial charge in [-0.05, 0) is 31.0 Å². The first-order valence-corrected chi connectivity index (χ1v) is 9.50. The Bertz CT molecular complexity index is 1180. The smallest absolute Gasteiger partial charge is 0.329 e. The first-order chi connectivity index (χ1) is 13.8. The number of halogens is 2. The molecule has 4 N–H and O–H groups in total. The molecule has 1 aliphatic carbocycles. The van der Waals surface area contributed by atoms with Crippen molar-refractivity contribution in [1.82, 2.24) is 19.1 Å². The number of rotatable bonds is 4. The molecule has 4 rings (SSSR count). The molecule has 0 saturated heterocycles. The van der Waals surface area contributed by atoms with Crippen molar-refractivity contribution in [3.63, 3.8) is 0 Å². The molecule has 2 heterocycles. The zero-order valence-corrected chi connectivity index (χ0v) is 15.9. The highest BCUT2D eigenvalue weighted by molar-refractivity contribution is 5.74. The fraction of sp³-hybridized carbons (Fsp3) is 0.421. The van der Waals surface area contributed by atoms with Gasteiger partial charge in [-0.2, -0.15) is 4.98 Å². The minimum absolute atomic E-state index is 0.0635. The summed E-state index contributed by atoms with van der Waals surface area (Å²) < 4.78 is 30.6. The molecule has 2 aromatic heterocycles. The van der Waals surface area contributed by atoms with Crippen LogP contribution in [-0.4, -0.2) is 31.2 Å². The van der Waals surface area contributed by atoms with E-state index in [4.69, 9.17) is 5.73 Å². The van der Waals surface area contributed by atoms with Gasteiger partial charge in [0.1, 0.15) is 11.6 Å². The van der Waals surface area contributed by atoms with Crippen LogP contribution in [0.5, 0.6) is 0 Å². The van der Waals surface area contributed by atoms with Gasteiger partial charge >= 0.3 is 5.69 Å². The van der Waals surface area contributed by atoms with Crippen LogP contribution in [0.1, 0.15) is 31.2 Å². The van der Waals surface area contributed by atoms with Gasteiger partial charge in [0.2, 0.25) is 5.95 Å². The first-order valence-electron chi connectivity index (χ1n) is 9.50. The molecular weight excluding hydrogens is 382 g/mol. The molecular formula is C19H22F2N6O2. The zero-order chi connectivity index (χ0) is 20.7. The largest absolute Gasteiger partial charge is 0.351 e. The van der Waals surface area contributed by atoms with Crippen LogP contribution in [0.25, 0.3) is 11.2 Å². The minimum atomic E-state index is -0.645. The Hall–Kier alpha value is -3.01. The highest BCUT2D eigenvalue weighted by Crippen LogP contribution is 2.24. The summed E-state index contributed by atoms with van der Waals surface area (Å²) in [5, 5.41) is 3.26. The van der Waals surface area contributed by atoms with E-state index in [0.29, 0.717) is 0 Å². The molecule has 0 aliphatic heterocycles. The number of anilines is 1. The van der Waals surface area contributed by atoms with Crippen LogP contribution in [0.2, 0.25) is 0 Å². The van der Waals surface area contributed by atoms with Crippen LogP contribution in [0.4, 0.5) is 14.7 Å². The molecule has 0 spiro atoms. The first kappa shape index (κ1) is 19.3. The minimum Gasteiger partial charge on any atom is -0.351 e. The Morgan fingerprint density at radius 3 is 2.79 bits per heavy atom. The molecule has 0 radical (unpaired) electrons. The predicted octanol–water partition coefficient (Wildman–Crippen LogP) is 1.43. The van der Waals surface area contributed by atoms with E-state index in [-0.39, 0.29) is 41.3 Å². The summed E-state index contributed by atoms with van der Waals surface area (Å²) in [6, 6.07) is 2.97. The molecule has 0 unspecified atom stereocenters. The van der Waals surface area contributed by atoms with E-state index in [1.807, 2.05) is 0 Å². The molecule has 8 nitrogen and oxygen atoms in total. The van der Waals surface area contributed by atoms with E-state index < -0.39 is 22.9 Å². The van der Waals surface area contributed by atoms with Crippen molar-refractivity contribution in [3.05, 3.63) is 56.2 Å². The molecule has 1 aliphatic rings. The monoisotopic (exact) mass is 404 g/mol. The average Bonchev–Trinajstić information content (AvgIpc) is 3.03. The number of benzene rings is 1. The number of aromatic amines is 1. The third-order valence-electron chi connectivity index (χ3n) is 5.48. The summed E-state index contributed by atoms with van der Waals surface area (Å²) in [7, 11) is 1.48. The number of imidazole rings is 1. The Morgan fingerprint density at radius 2 is 2.03 bits per heavy atom. The maximum absolute atomic E-state index is 14.3. The number of nitrogens with one attached hydrogen (secondary N) is 2. The van der Waals surface area contributed by atoms with Gasteiger partial charge in [-0.1, -0.05) is 12.8 Å². The molecule has 0 bridgehead atoms. The van der Waals surface area contributed by atoms with Crippen molar-refractivity contribution in [2.24, 2.45) is 12.8 Å². The zero-order valence-electron chi connectivity index (χ0n) is 15.9. The average molecular weight is 404 g/mol. The van der Waals surface area contributed by atoms with Crippen LogP contribution in [-0.2, 0) is 13.6 Å². The van der Waals surface area contributed by atoms with Crippen molar-refractivity contribution < 1.29 is 8.78 Å². The van der Waals surface area contributed by atoms with Gasteiger partial charge in [-0.3, -0.25) is 18.9 Å². The van der Waals surface area contributed by atoms with Crippen LogP contribution in [0.3, 0.4) is 0 Å². The van der Waals surface area contributed by atoms with Gasteiger partial charge < -0.3 is 11.1 Å². The molecule has 3 aromatic rings. The Labute approximate surface area is 164 Å². The second-order valence-electron chi connectivity index (χ2n) is 7.45. The lowest BCUT2D eigenvalue weighted by Gasteiger charge is -2.29. The summed E-state index contributed by atoms with van der Waals surface area (Å²) in [6.07, 6.45) is 3.73. The van der Waals surface area contributed by atoms with Gasteiger partial charge in [0, 0.05) is 24.7 Å². The number of aromatic nitrogens is 4. The van der Waals surface area contributed by atoms with E-state index in [1.54, 1.807) is 0 Å². The number of H-pyrrole nitrogens is 1. The maximum atomic E-state index is 14.3. The topological polar surface area (TPSA) is 111 Å². The molecule has 2 atom stereocenters.